The molecule has 0 aliphatic heterocycles. The van der Waals surface area contributed by atoms with Crippen LogP contribution < -0.4 is 9.47 Å². The molecule has 1 atom stereocenters. The molecular formula is C13H12BrClO2S. The van der Waals surface area contributed by atoms with Gasteiger partial charge >= 0.3 is 0 Å². The highest BCUT2D eigenvalue weighted by atomic mass is 79.9. The summed E-state index contributed by atoms with van der Waals surface area (Å²) in [6.45, 7) is 0. The molecule has 0 fully saturated rings. The lowest BCUT2D eigenvalue weighted by Gasteiger charge is -2.16. The third kappa shape index (κ3) is 2.66. The Morgan fingerprint density at radius 2 is 1.72 bits per heavy atom. The molecule has 96 valence electrons. The van der Waals surface area contributed by atoms with E-state index in [-0.39, 0.29) is 4.83 Å². The zero-order valence-electron chi connectivity index (χ0n) is 9.94. The Balaban J connectivity index is 2.48. The van der Waals surface area contributed by atoms with Gasteiger partial charge in [-0.05, 0) is 24.3 Å². The summed E-state index contributed by atoms with van der Waals surface area (Å²) in [6, 6.07) is 9.63. The molecule has 0 N–H and O–H groups in total. The van der Waals surface area contributed by atoms with Gasteiger partial charge in [0.2, 0.25) is 0 Å². The van der Waals surface area contributed by atoms with Crippen molar-refractivity contribution in [1.29, 1.82) is 0 Å². The fraction of sp³-hybridized carbons (Fsp3) is 0.231. The van der Waals surface area contributed by atoms with E-state index in [1.807, 2.05) is 30.3 Å². The first-order valence-corrected chi connectivity index (χ1v) is 7.38. The van der Waals surface area contributed by atoms with Gasteiger partial charge < -0.3 is 9.47 Å². The van der Waals surface area contributed by atoms with Crippen LogP contribution >= 0.6 is 38.9 Å². The molecule has 1 unspecified atom stereocenters. The van der Waals surface area contributed by atoms with E-state index in [0.717, 1.165) is 26.3 Å². The summed E-state index contributed by atoms with van der Waals surface area (Å²) in [6.07, 6.45) is 0. The third-order valence-corrected chi connectivity index (χ3v) is 5.11. The topological polar surface area (TPSA) is 18.5 Å². The van der Waals surface area contributed by atoms with E-state index in [1.54, 1.807) is 14.2 Å². The van der Waals surface area contributed by atoms with E-state index >= 15 is 0 Å². The lowest BCUT2D eigenvalue weighted by Crippen LogP contribution is -1.99. The SMILES string of the molecule is COc1cccc(OC)c1C(Br)c1ccc(Cl)s1. The van der Waals surface area contributed by atoms with Crippen LogP contribution in [0.1, 0.15) is 15.3 Å². The molecule has 0 saturated carbocycles. The number of thiophene rings is 1. The van der Waals surface area contributed by atoms with Gasteiger partial charge in [-0.1, -0.05) is 33.6 Å². The summed E-state index contributed by atoms with van der Waals surface area (Å²) in [7, 11) is 3.30. The van der Waals surface area contributed by atoms with Crippen LogP contribution in [0.15, 0.2) is 30.3 Å². The van der Waals surface area contributed by atoms with Crippen LogP contribution in [0.5, 0.6) is 11.5 Å². The number of benzene rings is 1. The first kappa shape index (κ1) is 13.7. The van der Waals surface area contributed by atoms with Crippen molar-refractivity contribution in [2.24, 2.45) is 0 Å². The Bertz CT molecular complexity index is 519. The molecule has 0 aliphatic carbocycles. The van der Waals surface area contributed by atoms with Gasteiger partial charge in [0.1, 0.15) is 11.5 Å². The predicted octanol–water partition coefficient (Wildman–Crippen LogP) is 4.90. The normalized spacial score (nSPS) is 12.2. The van der Waals surface area contributed by atoms with Crippen molar-refractivity contribution < 1.29 is 9.47 Å². The number of hydrogen-bond donors (Lipinski definition) is 0. The highest BCUT2D eigenvalue weighted by Gasteiger charge is 2.21. The molecule has 1 aromatic carbocycles. The zero-order valence-corrected chi connectivity index (χ0v) is 13.1. The average Bonchev–Trinajstić information content (AvgIpc) is 2.83. The summed E-state index contributed by atoms with van der Waals surface area (Å²) in [4.78, 5) is 1.11. The number of methoxy groups -OCH3 is 2. The molecule has 1 heterocycles. The second-order valence-electron chi connectivity index (χ2n) is 3.58. The molecule has 0 radical (unpaired) electrons. The summed E-state index contributed by atoms with van der Waals surface area (Å²) < 4.78 is 11.6. The van der Waals surface area contributed by atoms with Crippen molar-refractivity contribution in [2.45, 2.75) is 4.83 Å². The number of hydrogen-bond acceptors (Lipinski definition) is 3. The second-order valence-corrected chi connectivity index (χ2v) is 6.24. The number of alkyl halides is 1. The van der Waals surface area contributed by atoms with Gasteiger partial charge in [-0.15, -0.1) is 11.3 Å². The molecule has 0 amide bonds. The van der Waals surface area contributed by atoms with Crippen LogP contribution in [0.4, 0.5) is 0 Å². The van der Waals surface area contributed by atoms with Gasteiger partial charge in [-0.2, -0.15) is 0 Å². The van der Waals surface area contributed by atoms with E-state index < -0.39 is 0 Å². The Morgan fingerprint density at radius 3 is 2.17 bits per heavy atom. The molecule has 5 heteroatoms. The van der Waals surface area contributed by atoms with Crippen molar-refractivity contribution in [1.82, 2.24) is 0 Å². The van der Waals surface area contributed by atoms with Crippen LogP contribution in [-0.2, 0) is 0 Å². The maximum atomic E-state index is 5.97. The van der Waals surface area contributed by atoms with Gasteiger partial charge in [0.25, 0.3) is 0 Å². The minimum atomic E-state index is 0.00102. The molecule has 0 saturated heterocycles. The van der Waals surface area contributed by atoms with Crippen LogP contribution in [-0.4, -0.2) is 14.2 Å². The number of ether oxygens (including phenoxy) is 2. The Labute approximate surface area is 124 Å². The number of halogens is 2. The Kier molecular flexibility index (Phi) is 4.54. The van der Waals surface area contributed by atoms with Crippen LogP contribution in [0.2, 0.25) is 4.34 Å². The van der Waals surface area contributed by atoms with Crippen molar-refractivity contribution in [3.05, 3.63) is 45.1 Å². The van der Waals surface area contributed by atoms with Gasteiger partial charge in [-0.3, -0.25) is 0 Å². The zero-order chi connectivity index (χ0) is 13.1. The van der Waals surface area contributed by atoms with Gasteiger partial charge in [0.15, 0.2) is 0 Å². The third-order valence-electron chi connectivity index (χ3n) is 2.56. The maximum Gasteiger partial charge on any atom is 0.127 e. The summed E-state index contributed by atoms with van der Waals surface area (Å²) in [5.74, 6) is 1.58. The van der Waals surface area contributed by atoms with E-state index in [9.17, 15) is 0 Å². The maximum absolute atomic E-state index is 5.97. The molecule has 2 nitrogen and oxygen atoms in total. The summed E-state index contributed by atoms with van der Waals surface area (Å²) in [5.41, 5.74) is 0.973. The highest BCUT2D eigenvalue weighted by Crippen LogP contribution is 2.44. The molecule has 18 heavy (non-hydrogen) atoms. The van der Waals surface area contributed by atoms with Gasteiger partial charge in [0.05, 0.1) is 28.9 Å². The second kappa shape index (κ2) is 5.95. The van der Waals surface area contributed by atoms with E-state index in [1.165, 1.54) is 11.3 Å². The van der Waals surface area contributed by atoms with Gasteiger partial charge in [0, 0.05) is 4.88 Å². The van der Waals surface area contributed by atoms with Crippen molar-refractivity contribution in [3.8, 4) is 11.5 Å². The lowest BCUT2D eigenvalue weighted by molar-refractivity contribution is 0.387. The van der Waals surface area contributed by atoms with Crippen LogP contribution in [0.3, 0.4) is 0 Å². The summed E-state index contributed by atoms with van der Waals surface area (Å²) >= 11 is 11.2. The lowest BCUT2D eigenvalue weighted by atomic mass is 10.1. The van der Waals surface area contributed by atoms with E-state index in [4.69, 9.17) is 21.1 Å². The first-order chi connectivity index (χ1) is 8.67. The monoisotopic (exact) mass is 346 g/mol. The fourth-order valence-electron chi connectivity index (χ4n) is 1.74. The minimum absolute atomic E-state index is 0.00102. The van der Waals surface area contributed by atoms with E-state index in [0.29, 0.717) is 0 Å². The Morgan fingerprint density at radius 1 is 1.11 bits per heavy atom. The molecule has 1 aromatic heterocycles. The summed E-state index contributed by atoms with van der Waals surface area (Å²) in [5, 5.41) is 0. The highest BCUT2D eigenvalue weighted by molar-refractivity contribution is 9.09. The van der Waals surface area contributed by atoms with Crippen molar-refractivity contribution >= 4 is 38.9 Å². The molecule has 2 aromatic rings. The largest absolute Gasteiger partial charge is 0.496 e. The molecular weight excluding hydrogens is 336 g/mol. The molecule has 2 rings (SSSR count). The van der Waals surface area contributed by atoms with Crippen molar-refractivity contribution in [2.75, 3.05) is 14.2 Å². The van der Waals surface area contributed by atoms with Crippen LogP contribution in [0, 0.1) is 0 Å². The molecule has 0 bridgehead atoms. The molecule has 0 aliphatic rings. The van der Waals surface area contributed by atoms with Crippen molar-refractivity contribution in [3.63, 3.8) is 0 Å². The Hall–Kier alpha value is -0.710. The first-order valence-electron chi connectivity index (χ1n) is 5.27. The smallest absolute Gasteiger partial charge is 0.127 e. The van der Waals surface area contributed by atoms with E-state index in [2.05, 4.69) is 15.9 Å². The quantitative estimate of drug-likeness (QED) is 0.732. The minimum Gasteiger partial charge on any atom is -0.496 e. The van der Waals surface area contributed by atoms with Gasteiger partial charge in [-0.25, -0.2) is 0 Å². The standard InChI is InChI=1S/C13H12BrClO2S/c1-16-8-4-3-5-9(17-2)12(8)13(14)10-6-7-11(15)18-10/h3-7,13H,1-2H3. The predicted molar refractivity (Wildman–Crippen MR) is 79.6 cm³/mol. The number of rotatable bonds is 4. The fourth-order valence-corrected chi connectivity index (χ4v) is 3.67. The van der Waals surface area contributed by atoms with Crippen LogP contribution in [0.25, 0.3) is 0 Å². The molecule has 0 spiro atoms. The average molecular weight is 348 g/mol.